The standard InChI is InChI=1S/C14H12BrN3O2S/c1-18(12-4-2-3-10(7-12)9-16)21(19,20)14-8-11(17)5-6-13(14)15/h2-8H,17H2,1H3. The summed E-state index contributed by atoms with van der Waals surface area (Å²) >= 11 is 3.22. The summed E-state index contributed by atoms with van der Waals surface area (Å²) in [6.07, 6.45) is 0. The van der Waals surface area contributed by atoms with Crippen molar-refractivity contribution >= 4 is 37.3 Å². The molecule has 2 rings (SSSR count). The lowest BCUT2D eigenvalue weighted by Crippen LogP contribution is -2.27. The van der Waals surface area contributed by atoms with Gasteiger partial charge in [-0.2, -0.15) is 5.26 Å². The maximum absolute atomic E-state index is 12.7. The first-order chi connectivity index (χ1) is 9.86. The first kappa shape index (κ1) is 15.4. The van der Waals surface area contributed by atoms with Crippen LogP contribution < -0.4 is 10.0 Å². The second-order valence-corrected chi connectivity index (χ2v) is 7.12. The fraction of sp³-hybridized carbons (Fsp3) is 0.0714. The average Bonchev–Trinajstić information content (AvgIpc) is 2.48. The molecule has 0 spiro atoms. The largest absolute Gasteiger partial charge is 0.399 e. The maximum atomic E-state index is 12.7. The SMILES string of the molecule is CN(c1cccc(C#N)c1)S(=O)(=O)c1cc(N)ccc1Br. The van der Waals surface area contributed by atoms with E-state index in [2.05, 4.69) is 15.9 Å². The van der Waals surface area contributed by atoms with Crippen molar-refractivity contribution in [1.29, 1.82) is 5.26 Å². The van der Waals surface area contributed by atoms with Crippen molar-refractivity contribution in [1.82, 2.24) is 0 Å². The molecule has 0 atom stereocenters. The molecule has 0 aliphatic carbocycles. The second-order valence-electron chi connectivity index (χ2n) is 4.32. The Morgan fingerprint density at radius 3 is 2.62 bits per heavy atom. The number of anilines is 2. The van der Waals surface area contributed by atoms with Crippen LogP contribution in [0.25, 0.3) is 0 Å². The Labute approximate surface area is 131 Å². The third kappa shape index (κ3) is 3.01. The van der Waals surface area contributed by atoms with Crippen LogP contribution in [0.3, 0.4) is 0 Å². The van der Waals surface area contributed by atoms with Crippen molar-refractivity contribution in [2.24, 2.45) is 0 Å². The molecule has 0 aliphatic heterocycles. The Morgan fingerprint density at radius 1 is 1.24 bits per heavy atom. The van der Waals surface area contributed by atoms with Crippen LogP contribution in [-0.4, -0.2) is 15.5 Å². The van der Waals surface area contributed by atoms with Gasteiger partial charge in [-0.25, -0.2) is 8.42 Å². The van der Waals surface area contributed by atoms with Gasteiger partial charge in [0, 0.05) is 17.2 Å². The van der Waals surface area contributed by atoms with E-state index in [1.807, 2.05) is 6.07 Å². The van der Waals surface area contributed by atoms with Crippen LogP contribution in [0.15, 0.2) is 51.8 Å². The van der Waals surface area contributed by atoms with Gasteiger partial charge < -0.3 is 5.73 Å². The molecule has 2 aromatic rings. The number of benzene rings is 2. The Balaban J connectivity index is 2.53. The molecule has 0 amide bonds. The molecule has 2 N–H and O–H groups in total. The van der Waals surface area contributed by atoms with Crippen molar-refractivity contribution in [3.05, 3.63) is 52.5 Å². The third-order valence-corrected chi connectivity index (χ3v) is 5.71. The van der Waals surface area contributed by atoms with Crippen LogP contribution in [0.4, 0.5) is 11.4 Å². The quantitative estimate of drug-likeness (QED) is 0.847. The molecule has 0 saturated heterocycles. The number of hydrogen-bond donors (Lipinski definition) is 1. The molecule has 0 aliphatic rings. The molecule has 0 unspecified atom stereocenters. The van der Waals surface area contributed by atoms with Crippen molar-refractivity contribution < 1.29 is 8.42 Å². The van der Waals surface area contributed by atoms with E-state index in [1.165, 1.54) is 19.2 Å². The molecule has 0 fully saturated rings. The van der Waals surface area contributed by atoms with E-state index in [-0.39, 0.29) is 4.90 Å². The maximum Gasteiger partial charge on any atom is 0.265 e. The highest BCUT2D eigenvalue weighted by molar-refractivity contribution is 9.10. The van der Waals surface area contributed by atoms with E-state index >= 15 is 0 Å². The van der Waals surface area contributed by atoms with E-state index in [9.17, 15) is 8.42 Å². The van der Waals surface area contributed by atoms with Crippen molar-refractivity contribution in [3.63, 3.8) is 0 Å². The number of nitrogens with two attached hydrogens (primary N) is 1. The van der Waals surface area contributed by atoms with Gasteiger partial charge in [0.1, 0.15) is 4.90 Å². The second kappa shape index (κ2) is 5.76. The van der Waals surface area contributed by atoms with Crippen LogP contribution in [0.2, 0.25) is 0 Å². The summed E-state index contributed by atoms with van der Waals surface area (Å²) in [7, 11) is -2.34. The van der Waals surface area contributed by atoms with E-state index in [1.54, 1.807) is 30.3 Å². The summed E-state index contributed by atoms with van der Waals surface area (Å²) in [4.78, 5) is 0.0763. The van der Waals surface area contributed by atoms with Gasteiger partial charge in [0.2, 0.25) is 0 Å². The number of hydrogen-bond acceptors (Lipinski definition) is 4. The fourth-order valence-corrected chi connectivity index (χ4v) is 3.92. The lowest BCUT2D eigenvalue weighted by atomic mass is 10.2. The number of halogens is 1. The first-order valence-corrected chi connectivity index (χ1v) is 8.13. The predicted molar refractivity (Wildman–Crippen MR) is 85.3 cm³/mol. The smallest absolute Gasteiger partial charge is 0.265 e. The van der Waals surface area contributed by atoms with Gasteiger partial charge in [-0.3, -0.25) is 4.31 Å². The fourth-order valence-electron chi connectivity index (χ4n) is 1.78. The predicted octanol–water partition coefficient (Wildman–Crippen LogP) is 2.73. The molecule has 0 saturated carbocycles. The number of nitriles is 1. The zero-order chi connectivity index (χ0) is 15.6. The molecule has 0 radical (unpaired) electrons. The Hall–Kier alpha value is -2.04. The highest BCUT2D eigenvalue weighted by atomic mass is 79.9. The molecule has 5 nitrogen and oxygen atoms in total. The van der Waals surface area contributed by atoms with Crippen molar-refractivity contribution in [2.75, 3.05) is 17.1 Å². The highest BCUT2D eigenvalue weighted by Crippen LogP contribution is 2.29. The van der Waals surface area contributed by atoms with E-state index in [0.717, 1.165) is 4.31 Å². The molecule has 108 valence electrons. The molecule has 2 aromatic carbocycles. The summed E-state index contributed by atoms with van der Waals surface area (Å²) in [6, 6.07) is 13.0. The number of nitrogens with zero attached hydrogens (tertiary/aromatic N) is 2. The lowest BCUT2D eigenvalue weighted by molar-refractivity contribution is 0.594. The monoisotopic (exact) mass is 365 g/mol. The van der Waals surface area contributed by atoms with Crippen LogP contribution in [0, 0.1) is 11.3 Å². The van der Waals surface area contributed by atoms with Crippen LogP contribution >= 0.6 is 15.9 Å². The molecular weight excluding hydrogens is 354 g/mol. The molecular formula is C14H12BrN3O2S. The summed E-state index contributed by atoms with van der Waals surface area (Å²) in [5, 5.41) is 8.90. The topological polar surface area (TPSA) is 87.2 Å². The van der Waals surface area contributed by atoms with Gasteiger partial charge in [-0.1, -0.05) is 6.07 Å². The highest BCUT2D eigenvalue weighted by Gasteiger charge is 2.24. The minimum absolute atomic E-state index is 0.0763. The lowest BCUT2D eigenvalue weighted by Gasteiger charge is -2.20. The van der Waals surface area contributed by atoms with Gasteiger partial charge in [-0.15, -0.1) is 0 Å². The molecule has 7 heteroatoms. The summed E-state index contributed by atoms with van der Waals surface area (Å²) in [6.45, 7) is 0. The van der Waals surface area contributed by atoms with Gasteiger partial charge in [0.05, 0.1) is 17.3 Å². The molecule has 0 bridgehead atoms. The van der Waals surface area contributed by atoms with E-state index < -0.39 is 10.0 Å². The summed E-state index contributed by atoms with van der Waals surface area (Å²) in [5.74, 6) is 0. The zero-order valence-corrected chi connectivity index (χ0v) is 13.5. The van der Waals surface area contributed by atoms with Gasteiger partial charge >= 0.3 is 0 Å². The Kier molecular flexibility index (Phi) is 4.21. The van der Waals surface area contributed by atoms with Crippen LogP contribution in [-0.2, 0) is 10.0 Å². The van der Waals surface area contributed by atoms with Gasteiger partial charge in [0.15, 0.2) is 0 Å². The third-order valence-electron chi connectivity index (χ3n) is 2.93. The summed E-state index contributed by atoms with van der Waals surface area (Å²) in [5.41, 5.74) is 6.82. The van der Waals surface area contributed by atoms with Crippen molar-refractivity contribution in [2.45, 2.75) is 4.90 Å². The number of sulfonamides is 1. The van der Waals surface area contributed by atoms with Crippen LogP contribution in [0.5, 0.6) is 0 Å². The first-order valence-electron chi connectivity index (χ1n) is 5.90. The number of nitrogen functional groups attached to an aromatic ring is 1. The van der Waals surface area contributed by atoms with Crippen LogP contribution in [0.1, 0.15) is 5.56 Å². The molecule has 0 heterocycles. The average molecular weight is 366 g/mol. The van der Waals surface area contributed by atoms with Gasteiger partial charge in [-0.05, 0) is 52.3 Å². The Bertz CT molecular complexity index is 828. The molecule has 0 aromatic heterocycles. The normalized spacial score (nSPS) is 10.9. The summed E-state index contributed by atoms with van der Waals surface area (Å²) < 4.78 is 26.9. The van der Waals surface area contributed by atoms with E-state index in [0.29, 0.717) is 21.4 Å². The number of rotatable bonds is 3. The zero-order valence-electron chi connectivity index (χ0n) is 11.1. The minimum Gasteiger partial charge on any atom is -0.399 e. The minimum atomic E-state index is -3.77. The Morgan fingerprint density at radius 2 is 1.95 bits per heavy atom. The molecule has 21 heavy (non-hydrogen) atoms. The van der Waals surface area contributed by atoms with Gasteiger partial charge in [0.25, 0.3) is 10.0 Å². The van der Waals surface area contributed by atoms with E-state index in [4.69, 9.17) is 11.0 Å². The van der Waals surface area contributed by atoms with Crippen molar-refractivity contribution in [3.8, 4) is 6.07 Å².